The standard InChI is InChI=1S/C13H22N.K/c1-10(2)14(11(3)4)12(5)13-8-6-7-9-13;/h6,8,10-12H,7H2,1-5H3;/q-1;+1. The van der Waals surface area contributed by atoms with E-state index in [-0.39, 0.29) is 51.4 Å². The summed E-state index contributed by atoms with van der Waals surface area (Å²) < 4.78 is 0. The van der Waals surface area contributed by atoms with E-state index in [1.807, 2.05) is 0 Å². The Morgan fingerprint density at radius 3 is 2.00 bits per heavy atom. The van der Waals surface area contributed by atoms with Gasteiger partial charge in [-0.05, 0) is 40.7 Å². The van der Waals surface area contributed by atoms with E-state index < -0.39 is 0 Å². The van der Waals surface area contributed by atoms with Crippen LogP contribution in [-0.2, 0) is 0 Å². The average molecular weight is 231 g/mol. The molecule has 1 aliphatic rings. The quantitative estimate of drug-likeness (QED) is 0.493. The Morgan fingerprint density at radius 1 is 1.13 bits per heavy atom. The monoisotopic (exact) mass is 231 g/mol. The molecule has 0 saturated heterocycles. The van der Waals surface area contributed by atoms with Gasteiger partial charge in [-0.3, -0.25) is 11.0 Å². The van der Waals surface area contributed by atoms with E-state index in [1.165, 1.54) is 5.57 Å². The molecule has 0 aliphatic heterocycles. The first-order valence-corrected chi connectivity index (χ1v) is 5.58. The number of allylic oxidation sites excluding steroid dienone is 2. The maximum absolute atomic E-state index is 3.41. The second-order valence-electron chi connectivity index (χ2n) is 4.55. The fourth-order valence-electron chi connectivity index (χ4n) is 2.36. The molecule has 1 nitrogen and oxygen atoms in total. The van der Waals surface area contributed by atoms with Gasteiger partial charge < -0.3 is 0 Å². The maximum Gasteiger partial charge on any atom is 1.00 e. The summed E-state index contributed by atoms with van der Waals surface area (Å²) in [6, 6.07) is 1.68. The Balaban J connectivity index is 0.00000196. The molecule has 0 N–H and O–H groups in total. The van der Waals surface area contributed by atoms with Crippen LogP contribution in [0, 0.1) is 6.08 Å². The van der Waals surface area contributed by atoms with Crippen molar-refractivity contribution < 1.29 is 51.4 Å². The third-order valence-corrected chi connectivity index (χ3v) is 2.81. The summed E-state index contributed by atoms with van der Waals surface area (Å²) in [5, 5.41) is 0. The van der Waals surface area contributed by atoms with Gasteiger partial charge in [-0.25, -0.2) is 11.6 Å². The zero-order valence-corrected chi connectivity index (χ0v) is 14.2. The number of hydrogen-bond donors (Lipinski definition) is 0. The summed E-state index contributed by atoms with van der Waals surface area (Å²) in [6.45, 7) is 11.3. The molecule has 1 rings (SSSR count). The van der Waals surface area contributed by atoms with Crippen LogP contribution in [0.25, 0.3) is 0 Å². The van der Waals surface area contributed by atoms with Crippen molar-refractivity contribution >= 4 is 0 Å². The van der Waals surface area contributed by atoms with Gasteiger partial charge in [0.15, 0.2) is 0 Å². The van der Waals surface area contributed by atoms with Crippen molar-refractivity contribution in [2.45, 2.75) is 59.2 Å². The molecule has 0 aromatic rings. The van der Waals surface area contributed by atoms with Crippen molar-refractivity contribution in [2.75, 3.05) is 0 Å². The van der Waals surface area contributed by atoms with Crippen LogP contribution >= 0.6 is 0 Å². The summed E-state index contributed by atoms with van der Waals surface area (Å²) >= 11 is 0. The fraction of sp³-hybridized carbons (Fsp3) is 0.692. The summed E-state index contributed by atoms with van der Waals surface area (Å²) in [4.78, 5) is 2.53. The SMILES string of the molecule is CC(C)N(C(C)C)C(C)C1=[C-]CC=C1.[K+]. The third kappa shape index (κ3) is 4.45. The molecule has 0 saturated carbocycles. The van der Waals surface area contributed by atoms with Gasteiger partial charge in [0.1, 0.15) is 0 Å². The van der Waals surface area contributed by atoms with Gasteiger partial charge in [0.25, 0.3) is 0 Å². The van der Waals surface area contributed by atoms with Gasteiger partial charge in [-0.2, -0.15) is 6.08 Å². The zero-order valence-electron chi connectivity index (χ0n) is 11.0. The van der Waals surface area contributed by atoms with Crippen LogP contribution in [0.15, 0.2) is 17.7 Å². The topological polar surface area (TPSA) is 3.24 Å². The Labute approximate surface area is 137 Å². The fourth-order valence-corrected chi connectivity index (χ4v) is 2.36. The molecule has 0 bridgehead atoms. The third-order valence-electron chi connectivity index (χ3n) is 2.81. The summed E-state index contributed by atoms with van der Waals surface area (Å²) in [5.41, 5.74) is 1.35. The normalized spacial score (nSPS) is 17.2. The average Bonchev–Trinajstić information content (AvgIpc) is 2.53. The van der Waals surface area contributed by atoms with Crippen LogP contribution in [0.4, 0.5) is 0 Å². The predicted molar refractivity (Wildman–Crippen MR) is 62.1 cm³/mol. The molecular weight excluding hydrogens is 209 g/mol. The minimum atomic E-state index is 0. The zero-order chi connectivity index (χ0) is 10.7. The van der Waals surface area contributed by atoms with Crippen molar-refractivity contribution in [3.05, 3.63) is 23.8 Å². The van der Waals surface area contributed by atoms with E-state index >= 15 is 0 Å². The Bertz CT molecular complexity index is 233. The molecule has 2 heteroatoms. The van der Waals surface area contributed by atoms with Crippen molar-refractivity contribution in [3.8, 4) is 0 Å². The van der Waals surface area contributed by atoms with E-state index in [0.29, 0.717) is 18.1 Å². The van der Waals surface area contributed by atoms with Crippen LogP contribution in [0.5, 0.6) is 0 Å². The molecule has 0 heterocycles. The van der Waals surface area contributed by atoms with Crippen molar-refractivity contribution in [1.82, 2.24) is 4.90 Å². The Hall–Kier alpha value is 1.08. The van der Waals surface area contributed by atoms with Gasteiger partial charge in [-0.15, -0.1) is 6.42 Å². The van der Waals surface area contributed by atoms with Gasteiger partial charge in [0.2, 0.25) is 0 Å². The first-order chi connectivity index (χ1) is 6.54. The van der Waals surface area contributed by atoms with E-state index in [0.717, 1.165) is 6.42 Å². The smallest absolute Gasteiger partial charge is 0.295 e. The summed E-state index contributed by atoms with van der Waals surface area (Å²) in [7, 11) is 0. The van der Waals surface area contributed by atoms with Crippen LogP contribution in [-0.4, -0.2) is 23.0 Å². The molecule has 0 aromatic heterocycles. The predicted octanol–water partition coefficient (Wildman–Crippen LogP) is 0.187. The summed E-state index contributed by atoms with van der Waals surface area (Å²) in [5.74, 6) is 0. The minimum absolute atomic E-state index is 0. The van der Waals surface area contributed by atoms with Gasteiger partial charge in [0, 0.05) is 12.1 Å². The molecule has 1 unspecified atom stereocenters. The number of hydrogen-bond acceptors (Lipinski definition) is 1. The molecule has 0 aromatic carbocycles. The maximum atomic E-state index is 3.41. The van der Waals surface area contributed by atoms with Crippen molar-refractivity contribution in [3.63, 3.8) is 0 Å². The molecule has 1 aliphatic carbocycles. The number of nitrogens with zero attached hydrogens (tertiary/aromatic N) is 1. The van der Waals surface area contributed by atoms with Crippen molar-refractivity contribution in [1.29, 1.82) is 0 Å². The first-order valence-electron chi connectivity index (χ1n) is 5.58. The van der Waals surface area contributed by atoms with Crippen LogP contribution < -0.4 is 51.4 Å². The molecule has 0 radical (unpaired) electrons. The number of rotatable bonds is 4. The van der Waals surface area contributed by atoms with Gasteiger partial charge >= 0.3 is 51.4 Å². The van der Waals surface area contributed by atoms with Crippen molar-refractivity contribution in [2.24, 2.45) is 0 Å². The minimum Gasteiger partial charge on any atom is -0.295 e. The Kier molecular flexibility index (Phi) is 7.94. The van der Waals surface area contributed by atoms with E-state index in [4.69, 9.17) is 0 Å². The largest absolute Gasteiger partial charge is 1.00 e. The van der Waals surface area contributed by atoms with Crippen LogP contribution in [0.2, 0.25) is 0 Å². The molecule has 15 heavy (non-hydrogen) atoms. The molecule has 0 amide bonds. The second-order valence-corrected chi connectivity index (χ2v) is 4.55. The van der Waals surface area contributed by atoms with Gasteiger partial charge in [0.05, 0.1) is 0 Å². The van der Waals surface area contributed by atoms with Crippen LogP contribution in [0.1, 0.15) is 41.0 Å². The first kappa shape index (κ1) is 16.1. The molecule has 0 fully saturated rings. The van der Waals surface area contributed by atoms with Crippen LogP contribution in [0.3, 0.4) is 0 Å². The second kappa shape index (κ2) is 7.41. The van der Waals surface area contributed by atoms with E-state index in [1.54, 1.807) is 0 Å². The van der Waals surface area contributed by atoms with E-state index in [2.05, 4.69) is 57.7 Å². The molecule has 80 valence electrons. The van der Waals surface area contributed by atoms with Gasteiger partial charge in [-0.1, -0.05) is 0 Å². The molecule has 0 spiro atoms. The molecule has 1 atom stereocenters. The Morgan fingerprint density at radius 2 is 1.67 bits per heavy atom. The van der Waals surface area contributed by atoms with E-state index in [9.17, 15) is 0 Å². The summed E-state index contributed by atoms with van der Waals surface area (Å²) in [6.07, 6.45) is 8.80. The molecular formula is C13H22KN.